The van der Waals surface area contributed by atoms with Gasteiger partial charge in [0.25, 0.3) is 0 Å². The maximum atomic E-state index is 5.75. The molecule has 0 aromatic carbocycles. The fourth-order valence-electron chi connectivity index (χ4n) is 0.763. The molecule has 11 heavy (non-hydrogen) atoms. The summed E-state index contributed by atoms with van der Waals surface area (Å²) in [5.74, 6) is 0. The van der Waals surface area contributed by atoms with Crippen molar-refractivity contribution in [3.8, 4) is 0 Å². The van der Waals surface area contributed by atoms with Crippen molar-refractivity contribution in [3.05, 3.63) is 28.0 Å². The molecule has 1 aromatic rings. The number of halogens is 2. The Balaban J connectivity index is 3.09. The molecule has 0 fully saturated rings. The minimum absolute atomic E-state index is 0.104. The van der Waals surface area contributed by atoms with Gasteiger partial charge in [-0.15, -0.1) is 0 Å². The van der Waals surface area contributed by atoms with Crippen molar-refractivity contribution in [2.45, 2.75) is 13.0 Å². The molecule has 0 amide bonds. The number of nitrogens with two attached hydrogens (primary N) is 1. The number of hydrogen-bond donors (Lipinski definition) is 1. The van der Waals surface area contributed by atoms with Gasteiger partial charge in [-0.2, -0.15) is 0 Å². The normalized spacial score (nSPS) is 13.1. The second kappa shape index (κ2) is 3.39. The lowest BCUT2D eigenvalue weighted by atomic mass is 10.2. The molecule has 4 heteroatoms. The Kier molecular flexibility index (Phi) is 2.71. The largest absolute Gasteiger partial charge is 0.324 e. The van der Waals surface area contributed by atoms with E-state index in [1.807, 2.05) is 6.92 Å². The highest BCUT2D eigenvalue weighted by atomic mass is 35.5. The lowest BCUT2D eigenvalue weighted by Gasteiger charge is -2.06. The molecule has 1 aromatic heterocycles. The van der Waals surface area contributed by atoms with Gasteiger partial charge >= 0.3 is 0 Å². The van der Waals surface area contributed by atoms with E-state index in [4.69, 9.17) is 28.9 Å². The van der Waals surface area contributed by atoms with Crippen LogP contribution in [0.4, 0.5) is 0 Å². The van der Waals surface area contributed by atoms with Gasteiger partial charge in [0.2, 0.25) is 0 Å². The van der Waals surface area contributed by atoms with E-state index in [9.17, 15) is 0 Å². The van der Waals surface area contributed by atoms with Crippen LogP contribution in [-0.2, 0) is 0 Å². The lowest BCUT2D eigenvalue weighted by Crippen LogP contribution is -2.06. The molecule has 2 N–H and O–H groups in total. The Labute approximate surface area is 75.3 Å². The molecule has 0 bridgehead atoms. The molecule has 1 atom stereocenters. The molecule has 0 radical (unpaired) electrons. The van der Waals surface area contributed by atoms with Crippen LogP contribution in [-0.4, -0.2) is 4.98 Å². The van der Waals surface area contributed by atoms with Crippen LogP contribution in [0.15, 0.2) is 12.1 Å². The number of nitrogens with zero attached hydrogens (tertiary/aromatic N) is 1. The summed E-state index contributed by atoms with van der Waals surface area (Å²) in [4.78, 5) is 3.85. The van der Waals surface area contributed by atoms with Crippen LogP contribution in [0.25, 0.3) is 0 Å². The number of hydrogen-bond acceptors (Lipinski definition) is 2. The van der Waals surface area contributed by atoms with Crippen LogP contribution < -0.4 is 5.73 Å². The first kappa shape index (κ1) is 8.78. The molecule has 0 spiro atoms. The van der Waals surface area contributed by atoms with E-state index in [0.29, 0.717) is 10.3 Å². The first-order valence-corrected chi connectivity index (χ1v) is 3.94. The summed E-state index contributed by atoms with van der Waals surface area (Å²) >= 11 is 11.3. The minimum atomic E-state index is -0.104. The Morgan fingerprint density at radius 1 is 1.45 bits per heavy atom. The van der Waals surface area contributed by atoms with Crippen LogP contribution in [0.3, 0.4) is 0 Å². The van der Waals surface area contributed by atoms with Crippen molar-refractivity contribution in [3.63, 3.8) is 0 Å². The standard InChI is InChI=1S/C7H8Cl2N2/c1-4(10)5-2-3-6(8)11-7(5)9/h2-4H,10H2,1H3/t4-/m0/s1. The van der Waals surface area contributed by atoms with E-state index in [0.717, 1.165) is 5.56 Å². The minimum Gasteiger partial charge on any atom is -0.324 e. The summed E-state index contributed by atoms with van der Waals surface area (Å²) in [5, 5.41) is 0.770. The van der Waals surface area contributed by atoms with E-state index in [1.165, 1.54) is 0 Å². The zero-order valence-electron chi connectivity index (χ0n) is 6.01. The first-order chi connectivity index (χ1) is 5.11. The third kappa shape index (κ3) is 2.06. The number of rotatable bonds is 1. The van der Waals surface area contributed by atoms with Gasteiger partial charge in [0.15, 0.2) is 0 Å². The zero-order chi connectivity index (χ0) is 8.43. The van der Waals surface area contributed by atoms with Crippen LogP contribution in [0.5, 0.6) is 0 Å². The van der Waals surface area contributed by atoms with E-state index in [2.05, 4.69) is 4.98 Å². The Bertz CT molecular complexity index is 261. The predicted molar refractivity (Wildman–Crippen MR) is 46.9 cm³/mol. The third-order valence-corrected chi connectivity index (χ3v) is 1.85. The molecule has 2 nitrogen and oxygen atoms in total. The highest BCUT2D eigenvalue weighted by Gasteiger charge is 2.05. The molecule has 0 unspecified atom stereocenters. The summed E-state index contributed by atoms with van der Waals surface area (Å²) in [6.07, 6.45) is 0. The molecular weight excluding hydrogens is 183 g/mol. The van der Waals surface area contributed by atoms with Crippen LogP contribution in [0, 0.1) is 0 Å². The zero-order valence-corrected chi connectivity index (χ0v) is 7.52. The Hall–Kier alpha value is -0.310. The van der Waals surface area contributed by atoms with Gasteiger partial charge in [0.05, 0.1) is 0 Å². The molecular formula is C7H8Cl2N2. The maximum absolute atomic E-state index is 5.75. The first-order valence-electron chi connectivity index (χ1n) is 3.19. The van der Waals surface area contributed by atoms with Gasteiger partial charge < -0.3 is 5.73 Å². The molecule has 0 aliphatic heterocycles. The van der Waals surface area contributed by atoms with Crippen molar-refractivity contribution in [1.29, 1.82) is 0 Å². The van der Waals surface area contributed by atoms with Gasteiger partial charge in [-0.05, 0) is 13.0 Å². The van der Waals surface area contributed by atoms with E-state index >= 15 is 0 Å². The predicted octanol–water partition coefficient (Wildman–Crippen LogP) is 2.41. The van der Waals surface area contributed by atoms with Gasteiger partial charge in [-0.1, -0.05) is 29.3 Å². The summed E-state index contributed by atoms with van der Waals surface area (Å²) in [6, 6.07) is 3.35. The summed E-state index contributed by atoms with van der Waals surface area (Å²) in [7, 11) is 0. The van der Waals surface area contributed by atoms with E-state index < -0.39 is 0 Å². The molecule has 60 valence electrons. The highest BCUT2D eigenvalue weighted by Crippen LogP contribution is 2.20. The molecule has 0 aliphatic carbocycles. The number of pyridine rings is 1. The van der Waals surface area contributed by atoms with E-state index in [1.54, 1.807) is 12.1 Å². The van der Waals surface area contributed by atoms with Crippen molar-refractivity contribution in [2.75, 3.05) is 0 Å². The van der Waals surface area contributed by atoms with Crippen molar-refractivity contribution >= 4 is 23.2 Å². The van der Waals surface area contributed by atoms with Gasteiger partial charge in [-0.3, -0.25) is 0 Å². The Morgan fingerprint density at radius 2 is 2.09 bits per heavy atom. The molecule has 0 aliphatic rings. The van der Waals surface area contributed by atoms with Crippen LogP contribution in [0.1, 0.15) is 18.5 Å². The van der Waals surface area contributed by atoms with Crippen molar-refractivity contribution in [2.24, 2.45) is 5.73 Å². The number of aromatic nitrogens is 1. The fourth-order valence-corrected chi connectivity index (χ4v) is 1.28. The quantitative estimate of drug-likeness (QED) is 0.692. The topological polar surface area (TPSA) is 38.9 Å². The average Bonchev–Trinajstić information content (AvgIpc) is 1.85. The third-order valence-electron chi connectivity index (χ3n) is 1.33. The van der Waals surface area contributed by atoms with E-state index in [-0.39, 0.29) is 6.04 Å². The molecule has 0 saturated carbocycles. The second-order valence-electron chi connectivity index (χ2n) is 2.30. The monoisotopic (exact) mass is 190 g/mol. The highest BCUT2D eigenvalue weighted by molar-refractivity contribution is 6.32. The summed E-state index contributed by atoms with van der Waals surface area (Å²) in [6.45, 7) is 1.84. The summed E-state index contributed by atoms with van der Waals surface area (Å²) in [5.41, 5.74) is 6.41. The van der Waals surface area contributed by atoms with Crippen molar-refractivity contribution < 1.29 is 0 Å². The van der Waals surface area contributed by atoms with Gasteiger partial charge in [0.1, 0.15) is 10.3 Å². The summed E-state index contributed by atoms with van der Waals surface area (Å²) < 4.78 is 0. The molecule has 1 heterocycles. The maximum Gasteiger partial charge on any atom is 0.135 e. The molecule has 1 rings (SSSR count). The average molecular weight is 191 g/mol. The fraction of sp³-hybridized carbons (Fsp3) is 0.286. The Morgan fingerprint density at radius 3 is 2.55 bits per heavy atom. The van der Waals surface area contributed by atoms with Gasteiger partial charge in [0, 0.05) is 11.6 Å². The lowest BCUT2D eigenvalue weighted by molar-refractivity contribution is 0.812. The smallest absolute Gasteiger partial charge is 0.135 e. The van der Waals surface area contributed by atoms with Crippen LogP contribution in [0.2, 0.25) is 10.3 Å². The van der Waals surface area contributed by atoms with Crippen LogP contribution >= 0.6 is 23.2 Å². The van der Waals surface area contributed by atoms with Crippen molar-refractivity contribution in [1.82, 2.24) is 4.98 Å². The second-order valence-corrected chi connectivity index (χ2v) is 3.05. The molecule has 0 saturated heterocycles. The van der Waals surface area contributed by atoms with Gasteiger partial charge in [-0.25, -0.2) is 4.98 Å². The SMILES string of the molecule is C[C@H](N)c1ccc(Cl)nc1Cl.